The number of nitrogens with zero attached hydrogens (tertiary/aromatic N) is 4. The highest BCUT2D eigenvalue weighted by molar-refractivity contribution is 5.93. The second-order valence-corrected chi connectivity index (χ2v) is 3.89. The molecule has 2 heterocycles. The predicted molar refractivity (Wildman–Crippen MR) is 64.4 cm³/mol. The summed E-state index contributed by atoms with van der Waals surface area (Å²) in [6.45, 7) is 1.87. The van der Waals surface area contributed by atoms with Crippen molar-refractivity contribution in [2.24, 2.45) is 0 Å². The molecule has 0 aliphatic heterocycles. The number of aryl methyl sites for hydroxylation is 1. The smallest absolute Gasteiger partial charge is 0.337 e. The zero-order chi connectivity index (χ0) is 12.7. The zero-order valence-corrected chi connectivity index (χ0v) is 9.91. The van der Waals surface area contributed by atoms with Crippen LogP contribution in [0.5, 0.6) is 0 Å². The first-order chi connectivity index (χ1) is 8.70. The van der Waals surface area contributed by atoms with Crippen LogP contribution in [0.1, 0.15) is 16.2 Å². The quantitative estimate of drug-likeness (QED) is 0.603. The Labute approximate surface area is 102 Å². The van der Waals surface area contributed by atoms with E-state index in [-0.39, 0.29) is 5.97 Å². The van der Waals surface area contributed by atoms with Gasteiger partial charge in [0.05, 0.1) is 29.9 Å². The lowest BCUT2D eigenvalue weighted by molar-refractivity contribution is 0.0601. The van der Waals surface area contributed by atoms with Gasteiger partial charge < -0.3 is 4.74 Å². The highest BCUT2D eigenvalue weighted by atomic mass is 16.5. The van der Waals surface area contributed by atoms with E-state index in [1.165, 1.54) is 7.11 Å². The maximum atomic E-state index is 11.5. The van der Waals surface area contributed by atoms with Crippen molar-refractivity contribution in [1.82, 2.24) is 19.6 Å². The van der Waals surface area contributed by atoms with Gasteiger partial charge in [-0.25, -0.2) is 4.79 Å². The van der Waals surface area contributed by atoms with Crippen molar-refractivity contribution < 1.29 is 9.53 Å². The number of hydrogen-bond donors (Lipinski definition) is 0. The van der Waals surface area contributed by atoms with E-state index in [0.29, 0.717) is 16.7 Å². The molecule has 0 atom stereocenters. The van der Waals surface area contributed by atoms with Gasteiger partial charge in [0.1, 0.15) is 5.82 Å². The number of benzene rings is 1. The molecule has 0 saturated carbocycles. The molecule has 3 aromatic rings. The van der Waals surface area contributed by atoms with E-state index in [1.54, 1.807) is 18.3 Å². The molecule has 1 aromatic carbocycles. The van der Waals surface area contributed by atoms with Gasteiger partial charge in [0, 0.05) is 0 Å². The molecule has 18 heavy (non-hydrogen) atoms. The Balaban J connectivity index is 2.33. The molecule has 0 N–H and O–H groups in total. The van der Waals surface area contributed by atoms with E-state index in [2.05, 4.69) is 19.9 Å². The van der Waals surface area contributed by atoms with Crippen LogP contribution in [0, 0.1) is 6.92 Å². The summed E-state index contributed by atoms with van der Waals surface area (Å²) < 4.78 is 6.58. The number of hydrogen-bond acceptors (Lipinski definition) is 5. The third kappa shape index (κ3) is 1.42. The third-order valence-electron chi connectivity index (χ3n) is 2.81. The Morgan fingerprint density at radius 3 is 2.94 bits per heavy atom. The molecule has 0 saturated heterocycles. The lowest BCUT2D eigenvalue weighted by Gasteiger charge is -2.04. The minimum absolute atomic E-state index is 0.376. The molecule has 6 nitrogen and oxygen atoms in total. The SMILES string of the molecule is COC(=O)c1ccc2c(c1)ncc1nnc(C)n12. The van der Waals surface area contributed by atoms with Gasteiger partial charge in [0.15, 0.2) is 5.65 Å². The number of carbonyl (C=O) groups excluding carboxylic acids is 1. The maximum Gasteiger partial charge on any atom is 0.337 e. The standard InChI is InChI=1S/C12H10N4O2/c1-7-14-15-11-6-13-9-5-8(12(17)18-2)3-4-10(9)16(7)11/h3-6H,1-2H3. The molecule has 0 bridgehead atoms. The second kappa shape index (κ2) is 3.76. The fraction of sp³-hybridized carbons (Fsp3) is 0.167. The van der Waals surface area contributed by atoms with Gasteiger partial charge in [-0.3, -0.25) is 9.38 Å². The number of esters is 1. The fourth-order valence-electron chi connectivity index (χ4n) is 1.95. The summed E-state index contributed by atoms with van der Waals surface area (Å²) in [7, 11) is 1.35. The normalized spacial score (nSPS) is 11.0. The molecule has 0 spiro atoms. The van der Waals surface area contributed by atoms with Crippen molar-refractivity contribution in [3.05, 3.63) is 35.8 Å². The van der Waals surface area contributed by atoms with Crippen molar-refractivity contribution in [3.63, 3.8) is 0 Å². The molecule has 6 heteroatoms. The summed E-state index contributed by atoms with van der Waals surface area (Å²) in [4.78, 5) is 15.7. The minimum atomic E-state index is -0.376. The Bertz CT molecular complexity index is 763. The molecule has 90 valence electrons. The molecular weight excluding hydrogens is 232 g/mol. The molecule has 0 fully saturated rings. The van der Waals surface area contributed by atoms with E-state index in [4.69, 9.17) is 0 Å². The van der Waals surface area contributed by atoms with Crippen LogP contribution in [0.4, 0.5) is 0 Å². The van der Waals surface area contributed by atoms with Crippen molar-refractivity contribution in [3.8, 4) is 0 Å². The number of methoxy groups -OCH3 is 1. The van der Waals surface area contributed by atoms with E-state index in [0.717, 1.165) is 11.3 Å². The van der Waals surface area contributed by atoms with Gasteiger partial charge in [0.25, 0.3) is 0 Å². The van der Waals surface area contributed by atoms with Gasteiger partial charge in [-0.15, -0.1) is 10.2 Å². The molecule has 0 aliphatic rings. The summed E-state index contributed by atoms with van der Waals surface area (Å²) in [6, 6.07) is 5.22. The van der Waals surface area contributed by atoms with Crippen LogP contribution in [0.2, 0.25) is 0 Å². The zero-order valence-electron chi connectivity index (χ0n) is 9.91. The Hall–Kier alpha value is -2.50. The highest BCUT2D eigenvalue weighted by Crippen LogP contribution is 2.17. The van der Waals surface area contributed by atoms with E-state index < -0.39 is 0 Å². The van der Waals surface area contributed by atoms with Crippen LogP contribution in [-0.4, -0.2) is 32.7 Å². The Morgan fingerprint density at radius 1 is 1.33 bits per heavy atom. The lowest BCUT2D eigenvalue weighted by Crippen LogP contribution is -2.02. The van der Waals surface area contributed by atoms with Gasteiger partial charge in [0.2, 0.25) is 0 Å². The summed E-state index contributed by atoms with van der Waals surface area (Å²) in [5.41, 5.74) is 2.73. The summed E-state index contributed by atoms with van der Waals surface area (Å²) in [5.74, 6) is 0.405. The summed E-state index contributed by atoms with van der Waals surface area (Å²) >= 11 is 0. The van der Waals surface area contributed by atoms with Crippen molar-refractivity contribution in [2.45, 2.75) is 6.92 Å². The fourth-order valence-corrected chi connectivity index (χ4v) is 1.95. The van der Waals surface area contributed by atoms with Gasteiger partial charge >= 0.3 is 5.97 Å². The first-order valence-electron chi connectivity index (χ1n) is 5.39. The average molecular weight is 242 g/mol. The number of fused-ring (bicyclic) bond motifs is 3. The first-order valence-corrected chi connectivity index (χ1v) is 5.39. The van der Waals surface area contributed by atoms with Crippen LogP contribution in [0.3, 0.4) is 0 Å². The number of ether oxygens (including phenoxy) is 1. The second-order valence-electron chi connectivity index (χ2n) is 3.89. The van der Waals surface area contributed by atoms with Gasteiger partial charge in [-0.05, 0) is 25.1 Å². The number of rotatable bonds is 1. The van der Waals surface area contributed by atoms with Gasteiger partial charge in [-0.1, -0.05) is 0 Å². The lowest BCUT2D eigenvalue weighted by atomic mass is 10.2. The van der Waals surface area contributed by atoms with Crippen LogP contribution >= 0.6 is 0 Å². The predicted octanol–water partition coefficient (Wildman–Crippen LogP) is 1.37. The number of aromatic nitrogens is 4. The molecule has 3 rings (SSSR count). The molecule has 2 aromatic heterocycles. The maximum absolute atomic E-state index is 11.5. The van der Waals surface area contributed by atoms with Gasteiger partial charge in [-0.2, -0.15) is 0 Å². The Morgan fingerprint density at radius 2 is 2.17 bits per heavy atom. The minimum Gasteiger partial charge on any atom is -0.465 e. The largest absolute Gasteiger partial charge is 0.465 e. The van der Waals surface area contributed by atoms with E-state index in [1.807, 2.05) is 17.4 Å². The Kier molecular flexibility index (Phi) is 2.22. The topological polar surface area (TPSA) is 69.4 Å². The molecule has 0 aliphatic carbocycles. The summed E-state index contributed by atoms with van der Waals surface area (Å²) in [5, 5.41) is 8.00. The molecule has 0 radical (unpaired) electrons. The van der Waals surface area contributed by atoms with Crippen molar-refractivity contribution in [1.29, 1.82) is 0 Å². The molecule has 0 amide bonds. The molecular formula is C12H10N4O2. The summed E-state index contributed by atoms with van der Waals surface area (Å²) in [6.07, 6.45) is 1.63. The third-order valence-corrected chi connectivity index (χ3v) is 2.81. The van der Waals surface area contributed by atoms with Crippen molar-refractivity contribution in [2.75, 3.05) is 7.11 Å². The van der Waals surface area contributed by atoms with Crippen LogP contribution in [-0.2, 0) is 4.74 Å². The van der Waals surface area contributed by atoms with Crippen molar-refractivity contribution >= 4 is 22.6 Å². The van der Waals surface area contributed by atoms with Crippen LogP contribution < -0.4 is 0 Å². The monoisotopic (exact) mass is 242 g/mol. The highest BCUT2D eigenvalue weighted by Gasteiger charge is 2.10. The van der Waals surface area contributed by atoms with Crippen LogP contribution in [0.15, 0.2) is 24.4 Å². The number of carbonyl (C=O) groups is 1. The first kappa shape index (κ1) is 10.6. The van der Waals surface area contributed by atoms with Crippen LogP contribution in [0.25, 0.3) is 16.7 Å². The van der Waals surface area contributed by atoms with E-state index in [9.17, 15) is 4.79 Å². The van der Waals surface area contributed by atoms with E-state index >= 15 is 0 Å². The molecule has 0 unspecified atom stereocenters. The average Bonchev–Trinajstić information content (AvgIpc) is 2.79.